The van der Waals surface area contributed by atoms with Crippen molar-refractivity contribution in [2.45, 2.75) is 23.9 Å². The molecule has 0 unspecified atom stereocenters. The topological polar surface area (TPSA) is 40.6 Å². The molecule has 4 nitrogen and oxygen atoms in total. The van der Waals surface area contributed by atoms with E-state index in [1.165, 1.54) is 17.2 Å². The number of likely N-dealkylation sites (tertiary alicyclic amines) is 1. The summed E-state index contributed by atoms with van der Waals surface area (Å²) in [4.78, 5) is 2.51. The summed E-state index contributed by atoms with van der Waals surface area (Å²) in [6, 6.07) is 23.4. The predicted octanol–water partition coefficient (Wildman–Crippen LogP) is 5.41. The van der Waals surface area contributed by atoms with Crippen LogP contribution in [0.3, 0.4) is 0 Å². The summed E-state index contributed by atoms with van der Waals surface area (Å²) in [5.41, 5.74) is 3.58. The molecular weight excluding hydrogens is 463 g/mol. The first kappa shape index (κ1) is 21.9. The molecule has 3 aromatic rings. The first-order valence-electron chi connectivity index (χ1n) is 10.7. The Hall–Kier alpha value is -1.89. The SMILES string of the molecule is O=S(=O)(c1cccc(Cl)c1Cl)N1Cc2ccccc2[C@H]2CN(Cc3ccccc3)C[C@@H]2C1. The first-order valence-corrected chi connectivity index (χ1v) is 12.9. The van der Waals surface area contributed by atoms with Crippen LogP contribution in [0.25, 0.3) is 0 Å². The molecule has 0 aliphatic carbocycles. The van der Waals surface area contributed by atoms with Crippen molar-refractivity contribution >= 4 is 33.2 Å². The number of benzene rings is 3. The Morgan fingerprint density at radius 2 is 1.59 bits per heavy atom. The molecule has 1 fully saturated rings. The quantitative estimate of drug-likeness (QED) is 0.494. The van der Waals surface area contributed by atoms with Crippen LogP contribution in [-0.4, -0.2) is 37.3 Å². The summed E-state index contributed by atoms with van der Waals surface area (Å²) in [6.45, 7) is 3.43. The largest absolute Gasteiger partial charge is 0.298 e. The van der Waals surface area contributed by atoms with Gasteiger partial charge in [-0.25, -0.2) is 8.42 Å². The highest BCUT2D eigenvalue weighted by atomic mass is 35.5. The van der Waals surface area contributed by atoms with Gasteiger partial charge in [-0.2, -0.15) is 4.31 Å². The molecule has 0 radical (unpaired) electrons. The molecule has 32 heavy (non-hydrogen) atoms. The van der Waals surface area contributed by atoms with Gasteiger partial charge in [-0.15, -0.1) is 0 Å². The lowest BCUT2D eigenvalue weighted by molar-refractivity contribution is 0.293. The molecule has 0 spiro atoms. The molecule has 0 bridgehead atoms. The van der Waals surface area contributed by atoms with Gasteiger partial charge in [0.15, 0.2) is 0 Å². The molecule has 0 amide bonds. The van der Waals surface area contributed by atoms with E-state index in [4.69, 9.17) is 23.2 Å². The average Bonchev–Trinajstić information content (AvgIpc) is 3.10. The first-order chi connectivity index (χ1) is 15.4. The highest BCUT2D eigenvalue weighted by Crippen LogP contribution is 2.41. The van der Waals surface area contributed by atoms with Crippen LogP contribution in [0.2, 0.25) is 10.0 Å². The van der Waals surface area contributed by atoms with Crippen LogP contribution in [0.5, 0.6) is 0 Å². The Balaban J connectivity index is 1.49. The summed E-state index contributed by atoms with van der Waals surface area (Å²) in [5, 5.41) is 0.330. The second-order valence-electron chi connectivity index (χ2n) is 8.59. The van der Waals surface area contributed by atoms with Crippen LogP contribution in [0.15, 0.2) is 77.7 Å². The lowest BCUT2D eigenvalue weighted by atomic mass is 9.87. The van der Waals surface area contributed by atoms with Gasteiger partial charge in [-0.1, -0.05) is 83.9 Å². The van der Waals surface area contributed by atoms with E-state index in [9.17, 15) is 8.42 Å². The standard InChI is InChI=1S/C25H24Cl2N2O2S/c26-23-11-6-12-24(25(23)27)32(30,31)29-15-19-9-4-5-10-21(19)22-17-28(14-20(22)16-29)13-18-7-2-1-3-8-18/h1-12,20,22H,13-17H2/t20-,22+/m1/s1. The normalized spacial score (nSPS) is 21.7. The average molecular weight is 487 g/mol. The third-order valence-electron chi connectivity index (χ3n) is 6.54. The molecule has 5 rings (SSSR count). The van der Waals surface area contributed by atoms with Crippen molar-refractivity contribution in [2.24, 2.45) is 5.92 Å². The molecule has 1 saturated heterocycles. The second-order valence-corrected chi connectivity index (χ2v) is 11.3. The van der Waals surface area contributed by atoms with Gasteiger partial charge in [0, 0.05) is 38.6 Å². The highest BCUT2D eigenvalue weighted by Gasteiger charge is 2.41. The van der Waals surface area contributed by atoms with Gasteiger partial charge in [0.1, 0.15) is 4.90 Å². The van der Waals surface area contributed by atoms with Gasteiger partial charge in [0.05, 0.1) is 10.0 Å². The van der Waals surface area contributed by atoms with E-state index in [1.54, 1.807) is 16.4 Å². The van der Waals surface area contributed by atoms with Crippen molar-refractivity contribution in [1.29, 1.82) is 0 Å². The maximum Gasteiger partial charge on any atom is 0.244 e. The van der Waals surface area contributed by atoms with Crippen LogP contribution in [0.4, 0.5) is 0 Å². The summed E-state index contributed by atoms with van der Waals surface area (Å²) in [6.07, 6.45) is 0. The van der Waals surface area contributed by atoms with Gasteiger partial charge < -0.3 is 0 Å². The van der Waals surface area contributed by atoms with E-state index in [0.29, 0.717) is 19.0 Å². The fraction of sp³-hybridized carbons (Fsp3) is 0.280. The number of fused-ring (bicyclic) bond motifs is 3. The van der Waals surface area contributed by atoms with E-state index in [1.807, 2.05) is 24.3 Å². The molecule has 3 aromatic carbocycles. The highest BCUT2D eigenvalue weighted by molar-refractivity contribution is 7.89. The lowest BCUT2D eigenvalue weighted by Gasteiger charge is -2.25. The summed E-state index contributed by atoms with van der Waals surface area (Å²) >= 11 is 12.5. The molecule has 2 aliphatic rings. The van der Waals surface area contributed by atoms with Gasteiger partial charge in [0.25, 0.3) is 0 Å². The molecular formula is C25H24Cl2N2O2S. The predicted molar refractivity (Wildman–Crippen MR) is 128 cm³/mol. The molecule has 0 N–H and O–H groups in total. The number of hydrogen-bond acceptors (Lipinski definition) is 3. The third kappa shape index (κ3) is 4.09. The lowest BCUT2D eigenvalue weighted by Crippen LogP contribution is -2.35. The molecule has 7 heteroatoms. The Labute approximate surface area is 199 Å². The molecule has 0 aromatic heterocycles. The fourth-order valence-corrected chi connectivity index (χ4v) is 7.24. The maximum absolute atomic E-state index is 13.7. The Kier molecular flexibility index (Phi) is 6.03. The van der Waals surface area contributed by atoms with Crippen molar-refractivity contribution in [3.63, 3.8) is 0 Å². The van der Waals surface area contributed by atoms with Crippen molar-refractivity contribution in [3.05, 3.63) is 99.5 Å². The minimum Gasteiger partial charge on any atom is -0.298 e. The minimum atomic E-state index is -3.80. The fourth-order valence-electron chi connectivity index (χ4n) is 5.03. The van der Waals surface area contributed by atoms with Crippen LogP contribution < -0.4 is 0 Å². The monoisotopic (exact) mass is 486 g/mol. The zero-order valence-corrected chi connectivity index (χ0v) is 19.8. The molecule has 0 saturated carbocycles. The third-order valence-corrected chi connectivity index (χ3v) is 9.32. The van der Waals surface area contributed by atoms with Crippen LogP contribution in [0.1, 0.15) is 22.6 Å². The van der Waals surface area contributed by atoms with Crippen molar-refractivity contribution in [1.82, 2.24) is 9.21 Å². The van der Waals surface area contributed by atoms with Crippen LogP contribution in [-0.2, 0) is 23.1 Å². The van der Waals surface area contributed by atoms with E-state index in [2.05, 4.69) is 35.2 Å². The van der Waals surface area contributed by atoms with Gasteiger partial charge >= 0.3 is 0 Å². The smallest absolute Gasteiger partial charge is 0.244 e. The van der Waals surface area contributed by atoms with Gasteiger partial charge in [-0.05, 0) is 34.7 Å². The van der Waals surface area contributed by atoms with Crippen molar-refractivity contribution < 1.29 is 8.42 Å². The molecule has 2 heterocycles. The Morgan fingerprint density at radius 1 is 0.844 bits per heavy atom. The summed E-state index contributed by atoms with van der Waals surface area (Å²) in [7, 11) is -3.80. The van der Waals surface area contributed by atoms with E-state index in [-0.39, 0.29) is 20.9 Å². The number of halogens is 2. The molecule has 2 aliphatic heterocycles. The Bertz CT molecular complexity index is 1230. The Morgan fingerprint density at radius 3 is 2.41 bits per heavy atom. The second kappa shape index (κ2) is 8.81. The van der Waals surface area contributed by atoms with Crippen molar-refractivity contribution in [3.8, 4) is 0 Å². The number of hydrogen-bond donors (Lipinski definition) is 0. The zero-order valence-electron chi connectivity index (χ0n) is 17.5. The van der Waals surface area contributed by atoms with E-state index in [0.717, 1.165) is 25.2 Å². The van der Waals surface area contributed by atoms with Gasteiger partial charge in [-0.3, -0.25) is 4.90 Å². The van der Waals surface area contributed by atoms with Crippen LogP contribution in [0, 0.1) is 5.92 Å². The number of rotatable bonds is 4. The molecule has 2 atom stereocenters. The summed E-state index contributed by atoms with van der Waals surface area (Å²) in [5.74, 6) is 0.500. The van der Waals surface area contributed by atoms with E-state index >= 15 is 0 Å². The maximum atomic E-state index is 13.7. The number of nitrogens with zero attached hydrogens (tertiary/aromatic N) is 2. The van der Waals surface area contributed by atoms with E-state index < -0.39 is 10.0 Å². The van der Waals surface area contributed by atoms with Gasteiger partial charge in [0.2, 0.25) is 10.0 Å². The van der Waals surface area contributed by atoms with Crippen molar-refractivity contribution in [2.75, 3.05) is 19.6 Å². The minimum absolute atomic E-state index is 0.0711. The summed E-state index contributed by atoms with van der Waals surface area (Å²) < 4.78 is 28.9. The van der Waals surface area contributed by atoms with Crippen LogP contribution >= 0.6 is 23.2 Å². The zero-order chi connectivity index (χ0) is 22.3. The number of sulfonamides is 1. The molecule has 166 valence electrons.